The maximum atomic E-state index is 13.3. The Labute approximate surface area is 166 Å². The lowest BCUT2D eigenvalue weighted by Gasteiger charge is -2.41. The number of hydrogen-bond donors (Lipinski definition) is 2. The van der Waals surface area contributed by atoms with Gasteiger partial charge in [-0.1, -0.05) is 18.2 Å². The summed E-state index contributed by atoms with van der Waals surface area (Å²) in [5.74, 6) is 0.196. The normalized spacial score (nSPS) is 21.4. The van der Waals surface area contributed by atoms with Gasteiger partial charge in [0.15, 0.2) is 0 Å². The number of amides is 2. The molecule has 4 rings (SSSR count). The Morgan fingerprint density at radius 2 is 2.00 bits per heavy atom. The van der Waals surface area contributed by atoms with Crippen molar-refractivity contribution in [3.05, 3.63) is 36.0 Å². The lowest BCUT2D eigenvalue weighted by Crippen LogP contribution is -2.53. The Hall–Kier alpha value is -2.34. The van der Waals surface area contributed by atoms with Crippen LogP contribution in [0.3, 0.4) is 0 Å². The number of carbonyl (C=O) groups is 2. The largest absolute Gasteiger partial charge is 0.352 e. The van der Waals surface area contributed by atoms with Crippen LogP contribution in [0.1, 0.15) is 38.2 Å². The number of para-hydroxylation sites is 1. The van der Waals surface area contributed by atoms with Crippen molar-refractivity contribution in [2.24, 2.45) is 7.05 Å². The van der Waals surface area contributed by atoms with Crippen molar-refractivity contribution < 1.29 is 9.59 Å². The molecule has 1 aromatic carbocycles. The first-order valence-electron chi connectivity index (χ1n) is 10.3. The lowest BCUT2D eigenvalue weighted by atomic mass is 9.84. The van der Waals surface area contributed by atoms with E-state index in [4.69, 9.17) is 0 Å². The molecule has 2 fully saturated rings. The second kappa shape index (κ2) is 7.59. The number of hydrogen-bond acceptors (Lipinski definition) is 3. The molecule has 6 heteroatoms. The smallest absolute Gasteiger partial charge is 0.223 e. The van der Waals surface area contributed by atoms with Crippen LogP contribution in [0, 0.1) is 0 Å². The minimum Gasteiger partial charge on any atom is -0.352 e. The fourth-order valence-electron chi connectivity index (χ4n) is 5.17. The van der Waals surface area contributed by atoms with Gasteiger partial charge in [0.1, 0.15) is 0 Å². The van der Waals surface area contributed by atoms with Crippen LogP contribution < -0.4 is 10.6 Å². The summed E-state index contributed by atoms with van der Waals surface area (Å²) in [6, 6.07) is 8.41. The monoisotopic (exact) mass is 382 g/mol. The Balaban J connectivity index is 1.49. The van der Waals surface area contributed by atoms with Gasteiger partial charge in [-0.3, -0.25) is 9.59 Å². The summed E-state index contributed by atoms with van der Waals surface area (Å²) < 4.78 is 2.13. The minimum absolute atomic E-state index is 0.0147. The van der Waals surface area contributed by atoms with Gasteiger partial charge < -0.3 is 20.1 Å². The van der Waals surface area contributed by atoms with Crippen LogP contribution >= 0.6 is 0 Å². The van der Waals surface area contributed by atoms with Gasteiger partial charge in [-0.25, -0.2) is 0 Å². The van der Waals surface area contributed by atoms with E-state index in [1.54, 1.807) is 6.92 Å². The highest BCUT2D eigenvalue weighted by Crippen LogP contribution is 2.37. The second-order valence-corrected chi connectivity index (χ2v) is 8.36. The number of benzene rings is 1. The fraction of sp³-hybridized carbons (Fsp3) is 0.545. The van der Waals surface area contributed by atoms with E-state index in [0.717, 1.165) is 38.8 Å². The zero-order chi connectivity index (χ0) is 19.7. The Kier molecular flexibility index (Phi) is 5.15. The molecule has 1 aromatic heterocycles. The third-order valence-electron chi connectivity index (χ3n) is 6.43. The van der Waals surface area contributed by atoms with Crippen molar-refractivity contribution in [3.8, 4) is 0 Å². The Morgan fingerprint density at radius 1 is 1.25 bits per heavy atom. The number of rotatable bonds is 4. The number of piperidine rings is 1. The van der Waals surface area contributed by atoms with Gasteiger partial charge in [0, 0.05) is 55.6 Å². The van der Waals surface area contributed by atoms with Crippen LogP contribution in [0.4, 0.5) is 0 Å². The highest BCUT2D eigenvalue weighted by molar-refractivity contribution is 5.85. The molecule has 0 saturated carbocycles. The van der Waals surface area contributed by atoms with E-state index in [0.29, 0.717) is 13.0 Å². The van der Waals surface area contributed by atoms with E-state index in [1.165, 1.54) is 16.5 Å². The molecule has 0 bridgehead atoms. The Bertz CT molecular complexity index is 882. The maximum Gasteiger partial charge on any atom is 0.223 e. The molecule has 2 aromatic rings. The first-order chi connectivity index (χ1) is 13.5. The van der Waals surface area contributed by atoms with E-state index < -0.39 is 0 Å². The van der Waals surface area contributed by atoms with Crippen LogP contribution in [0.2, 0.25) is 0 Å². The van der Waals surface area contributed by atoms with E-state index >= 15 is 0 Å². The van der Waals surface area contributed by atoms with Gasteiger partial charge >= 0.3 is 0 Å². The number of aromatic nitrogens is 1. The second-order valence-electron chi connectivity index (χ2n) is 8.36. The average Bonchev–Trinajstić information content (AvgIpc) is 3.18. The summed E-state index contributed by atoms with van der Waals surface area (Å²) in [7, 11) is 2.05. The van der Waals surface area contributed by atoms with Gasteiger partial charge in [0.2, 0.25) is 11.8 Å². The molecule has 3 heterocycles. The topological polar surface area (TPSA) is 66.4 Å². The van der Waals surface area contributed by atoms with E-state index in [9.17, 15) is 9.59 Å². The van der Waals surface area contributed by atoms with Crippen LogP contribution in [0.15, 0.2) is 30.5 Å². The highest BCUT2D eigenvalue weighted by Gasteiger charge is 2.48. The van der Waals surface area contributed by atoms with Crippen molar-refractivity contribution >= 4 is 22.7 Å². The summed E-state index contributed by atoms with van der Waals surface area (Å²) in [5, 5.41) is 7.68. The first-order valence-corrected chi connectivity index (χ1v) is 10.3. The summed E-state index contributed by atoms with van der Waals surface area (Å²) in [6.07, 6.45) is 6.19. The molecule has 0 radical (unpaired) electrons. The SMILES string of the molecule is CC(=O)N[C@@H]1CN(C(=O)CCc2cn(C)c3ccccc23)C2(CCNCC2)C1. The minimum atomic E-state index is -0.103. The average molecular weight is 383 g/mol. The van der Waals surface area contributed by atoms with Crippen LogP contribution in [-0.4, -0.2) is 52.5 Å². The van der Waals surface area contributed by atoms with Crippen LogP contribution in [-0.2, 0) is 23.1 Å². The quantitative estimate of drug-likeness (QED) is 0.850. The highest BCUT2D eigenvalue weighted by atomic mass is 16.2. The van der Waals surface area contributed by atoms with Crippen LogP contribution in [0.5, 0.6) is 0 Å². The van der Waals surface area contributed by atoms with Crippen molar-refractivity contribution in [2.75, 3.05) is 19.6 Å². The zero-order valence-corrected chi connectivity index (χ0v) is 16.8. The molecule has 6 nitrogen and oxygen atoms in total. The van der Waals surface area contributed by atoms with E-state index in [-0.39, 0.29) is 23.4 Å². The number of likely N-dealkylation sites (tertiary alicyclic amines) is 1. The molecule has 1 spiro atoms. The summed E-state index contributed by atoms with van der Waals surface area (Å²) in [6.45, 7) is 4.05. The fourth-order valence-corrected chi connectivity index (χ4v) is 5.17. The molecule has 2 N–H and O–H groups in total. The first kappa shape index (κ1) is 19.0. The van der Waals surface area contributed by atoms with Gasteiger partial charge in [0.05, 0.1) is 0 Å². The van der Waals surface area contributed by atoms with Crippen LogP contribution in [0.25, 0.3) is 10.9 Å². The lowest BCUT2D eigenvalue weighted by molar-refractivity contribution is -0.136. The summed E-state index contributed by atoms with van der Waals surface area (Å²) >= 11 is 0. The molecule has 1 atom stereocenters. The number of nitrogens with one attached hydrogen (secondary N) is 2. The van der Waals surface area contributed by atoms with E-state index in [1.807, 2.05) is 6.07 Å². The molecule has 28 heavy (non-hydrogen) atoms. The standard InChI is InChI=1S/C22H30N4O2/c1-16(27)24-18-13-22(9-11-23-12-10-22)26(15-18)21(28)8-7-17-14-25(2)20-6-4-3-5-19(17)20/h3-6,14,18,23H,7-13,15H2,1-2H3,(H,24,27)/t18-/m0/s1. The van der Waals surface area contributed by atoms with Crippen molar-refractivity contribution in [1.82, 2.24) is 20.1 Å². The van der Waals surface area contributed by atoms with Crippen molar-refractivity contribution in [1.29, 1.82) is 0 Å². The molecule has 2 amide bonds. The molecule has 2 aliphatic heterocycles. The van der Waals surface area contributed by atoms with Crippen molar-refractivity contribution in [2.45, 2.75) is 50.6 Å². The molecular weight excluding hydrogens is 352 g/mol. The predicted molar refractivity (Wildman–Crippen MR) is 110 cm³/mol. The molecule has 150 valence electrons. The maximum absolute atomic E-state index is 13.3. The molecule has 0 unspecified atom stereocenters. The Morgan fingerprint density at radius 3 is 2.75 bits per heavy atom. The number of aryl methyl sites for hydroxylation is 2. The van der Waals surface area contributed by atoms with E-state index in [2.05, 4.69) is 51.5 Å². The number of fused-ring (bicyclic) bond motifs is 1. The van der Waals surface area contributed by atoms with Crippen molar-refractivity contribution in [3.63, 3.8) is 0 Å². The molecule has 0 aliphatic carbocycles. The van der Waals surface area contributed by atoms with Gasteiger partial charge in [0.25, 0.3) is 0 Å². The zero-order valence-electron chi connectivity index (χ0n) is 16.8. The van der Waals surface area contributed by atoms with Gasteiger partial charge in [-0.2, -0.15) is 0 Å². The third kappa shape index (κ3) is 3.53. The summed E-state index contributed by atoms with van der Waals surface area (Å²) in [4.78, 5) is 26.9. The molecule has 2 aliphatic rings. The third-order valence-corrected chi connectivity index (χ3v) is 6.43. The molecule has 2 saturated heterocycles. The molecular formula is C22H30N4O2. The van der Waals surface area contributed by atoms with Gasteiger partial charge in [-0.05, 0) is 50.4 Å². The number of carbonyl (C=O) groups excluding carboxylic acids is 2. The number of nitrogens with zero attached hydrogens (tertiary/aromatic N) is 2. The predicted octanol–water partition coefficient (Wildman–Crippen LogP) is 1.97. The summed E-state index contributed by atoms with van der Waals surface area (Å²) in [5.41, 5.74) is 2.32. The van der Waals surface area contributed by atoms with Gasteiger partial charge in [-0.15, -0.1) is 0 Å².